The van der Waals surface area contributed by atoms with E-state index in [1.165, 1.54) is 12.8 Å². The number of para-hydroxylation sites is 1. The highest BCUT2D eigenvalue weighted by molar-refractivity contribution is 5.93. The van der Waals surface area contributed by atoms with E-state index in [4.69, 9.17) is 10.8 Å². The molecule has 0 amide bonds. The van der Waals surface area contributed by atoms with Gasteiger partial charge in [-0.2, -0.15) is 0 Å². The summed E-state index contributed by atoms with van der Waals surface area (Å²) in [7, 11) is 0. The van der Waals surface area contributed by atoms with Crippen LogP contribution in [0.25, 0.3) is 0 Å². The van der Waals surface area contributed by atoms with Crippen molar-refractivity contribution < 1.29 is 0 Å². The molecule has 2 rings (SSSR count). The summed E-state index contributed by atoms with van der Waals surface area (Å²) in [4.78, 5) is 4.71. The van der Waals surface area contributed by atoms with Gasteiger partial charge in [0.25, 0.3) is 0 Å². The van der Waals surface area contributed by atoms with Gasteiger partial charge >= 0.3 is 0 Å². The van der Waals surface area contributed by atoms with Crippen LogP contribution in [-0.4, -0.2) is 12.0 Å². The molecule has 1 atom stereocenters. The van der Waals surface area contributed by atoms with E-state index >= 15 is 0 Å². The lowest BCUT2D eigenvalue weighted by molar-refractivity contribution is 0.221. The van der Waals surface area contributed by atoms with Gasteiger partial charge in [0, 0.05) is 5.69 Å². The zero-order valence-electron chi connectivity index (χ0n) is 11.8. The molecule has 0 heterocycles. The molecule has 1 unspecified atom stereocenters. The summed E-state index contributed by atoms with van der Waals surface area (Å²) < 4.78 is 0. The summed E-state index contributed by atoms with van der Waals surface area (Å²) in [5.74, 6) is 6.21. The molecule has 0 radical (unpaired) electrons. The maximum Gasteiger partial charge on any atom is 0.210 e. The largest absolute Gasteiger partial charge is 0.325 e. The first-order valence-electron chi connectivity index (χ1n) is 6.95. The Morgan fingerprint density at radius 3 is 2.68 bits per heavy atom. The Bertz CT molecular complexity index is 425. The molecule has 19 heavy (non-hydrogen) atoms. The zero-order chi connectivity index (χ0) is 13.7. The van der Waals surface area contributed by atoms with Gasteiger partial charge in [0.1, 0.15) is 0 Å². The van der Waals surface area contributed by atoms with Crippen molar-refractivity contribution >= 4 is 11.6 Å². The van der Waals surface area contributed by atoms with Crippen molar-refractivity contribution in [2.45, 2.75) is 45.6 Å². The number of nitrogens with two attached hydrogens (primary N) is 1. The van der Waals surface area contributed by atoms with E-state index in [1.54, 1.807) is 0 Å². The van der Waals surface area contributed by atoms with Crippen molar-refractivity contribution in [2.75, 3.05) is 5.32 Å². The predicted octanol–water partition coefficient (Wildman–Crippen LogP) is 2.89. The zero-order valence-corrected chi connectivity index (χ0v) is 11.8. The van der Waals surface area contributed by atoms with Gasteiger partial charge in [0.2, 0.25) is 5.96 Å². The Labute approximate surface area is 115 Å². The number of aliphatic imine (C=N–C) groups is 1. The summed E-state index contributed by atoms with van der Waals surface area (Å²) >= 11 is 0. The van der Waals surface area contributed by atoms with E-state index < -0.39 is 0 Å². The first-order chi connectivity index (χ1) is 9.09. The van der Waals surface area contributed by atoms with Crippen LogP contribution in [0.2, 0.25) is 0 Å². The number of nitrogens with zero attached hydrogens (tertiary/aromatic N) is 1. The standard InChI is InChI=1S/C15H24N4/c1-15(2)10-6-9-13(11-15)18-14(19-16)17-12-7-4-3-5-8-12/h3-5,7-8,13H,6,9-11,16H2,1-2H3,(H2,17,18,19). The van der Waals surface area contributed by atoms with Crippen molar-refractivity contribution in [3.8, 4) is 0 Å². The third-order valence-corrected chi connectivity index (χ3v) is 3.66. The molecule has 0 bridgehead atoms. The number of nitrogens with one attached hydrogen (secondary N) is 2. The third kappa shape index (κ3) is 4.24. The molecule has 4 N–H and O–H groups in total. The van der Waals surface area contributed by atoms with E-state index in [1.807, 2.05) is 30.3 Å². The number of anilines is 1. The highest BCUT2D eigenvalue weighted by Crippen LogP contribution is 2.36. The van der Waals surface area contributed by atoms with Crippen LogP contribution in [0.1, 0.15) is 39.5 Å². The summed E-state index contributed by atoms with van der Waals surface area (Å²) in [5.41, 5.74) is 4.05. The van der Waals surface area contributed by atoms with E-state index in [2.05, 4.69) is 24.6 Å². The van der Waals surface area contributed by atoms with Gasteiger partial charge in [-0.25, -0.2) is 10.8 Å². The first kappa shape index (κ1) is 13.9. The highest BCUT2D eigenvalue weighted by Gasteiger charge is 2.27. The highest BCUT2D eigenvalue weighted by atomic mass is 15.3. The lowest BCUT2D eigenvalue weighted by Crippen LogP contribution is -2.38. The van der Waals surface area contributed by atoms with E-state index in [0.29, 0.717) is 17.4 Å². The molecule has 0 aromatic heterocycles. The minimum Gasteiger partial charge on any atom is -0.325 e. The van der Waals surface area contributed by atoms with E-state index in [0.717, 1.165) is 18.5 Å². The SMILES string of the molecule is CC1(C)CCCC(N=C(NN)Nc2ccccc2)C1. The summed E-state index contributed by atoms with van der Waals surface area (Å²) in [6.07, 6.45) is 4.79. The summed E-state index contributed by atoms with van der Waals surface area (Å²) in [6, 6.07) is 10.3. The minimum absolute atomic E-state index is 0.353. The molecule has 1 fully saturated rings. The monoisotopic (exact) mass is 260 g/mol. The molecule has 0 saturated heterocycles. The maximum atomic E-state index is 5.56. The molecule has 0 aliphatic heterocycles. The van der Waals surface area contributed by atoms with E-state index in [9.17, 15) is 0 Å². The lowest BCUT2D eigenvalue weighted by atomic mass is 9.75. The Balaban J connectivity index is 2.02. The van der Waals surface area contributed by atoms with Gasteiger partial charge in [0.15, 0.2) is 0 Å². The number of hydrogen-bond acceptors (Lipinski definition) is 2. The predicted molar refractivity (Wildman–Crippen MR) is 80.9 cm³/mol. The molecular weight excluding hydrogens is 236 g/mol. The number of guanidine groups is 1. The molecular formula is C15H24N4. The maximum absolute atomic E-state index is 5.56. The molecule has 1 saturated carbocycles. The van der Waals surface area contributed by atoms with Gasteiger partial charge < -0.3 is 5.32 Å². The van der Waals surface area contributed by atoms with Crippen LogP contribution >= 0.6 is 0 Å². The quantitative estimate of drug-likeness (QED) is 0.331. The fraction of sp³-hybridized carbons (Fsp3) is 0.533. The fourth-order valence-corrected chi connectivity index (χ4v) is 2.71. The van der Waals surface area contributed by atoms with Crippen LogP contribution in [0.15, 0.2) is 35.3 Å². The Morgan fingerprint density at radius 2 is 2.05 bits per heavy atom. The summed E-state index contributed by atoms with van der Waals surface area (Å²) in [5, 5.41) is 3.22. The van der Waals surface area contributed by atoms with Gasteiger partial charge in [0.05, 0.1) is 6.04 Å². The average Bonchev–Trinajstić information content (AvgIpc) is 2.38. The second kappa shape index (κ2) is 6.06. The number of rotatable bonds is 2. The Hall–Kier alpha value is -1.55. The van der Waals surface area contributed by atoms with Gasteiger partial charge in [-0.15, -0.1) is 0 Å². The lowest BCUT2D eigenvalue weighted by Gasteiger charge is -2.33. The van der Waals surface area contributed by atoms with E-state index in [-0.39, 0.29) is 0 Å². The molecule has 0 spiro atoms. The third-order valence-electron chi connectivity index (χ3n) is 3.66. The van der Waals surface area contributed by atoms with Crippen molar-refractivity contribution in [1.82, 2.24) is 5.43 Å². The van der Waals surface area contributed by atoms with Crippen molar-refractivity contribution in [1.29, 1.82) is 0 Å². The van der Waals surface area contributed by atoms with Crippen LogP contribution in [0, 0.1) is 5.41 Å². The minimum atomic E-state index is 0.353. The number of hydrogen-bond donors (Lipinski definition) is 3. The Morgan fingerprint density at radius 1 is 1.32 bits per heavy atom. The van der Waals surface area contributed by atoms with Crippen LogP contribution < -0.4 is 16.6 Å². The van der Waals surface area contributed by atoms with Crippen LogP contribution in [0.5, 0.6) is 0 Å². The molecule has 1 aromatic rings. The normalized spacial score (nSPS) is 22.9. The van der Waals surface area contributed by atoms with Crippen molar-refractivity contribution in [3.63, 3.8) is 0 Å². The van der Waals surface area contributed by atoms with Crippen molar-refractivity contribution in [3.05, 3.63) is 30.3 Å². The Kier molecular flexibility index (Phi) is 4.43. The molecule has 4 heteroatoms. The topological polar surface area (TPSA) is 62.4 Å². The second-order valence-electron chi connectivity index (χ2n) is 6.03. The number of benzene rings is 1. The average molecular weight is 260 g/mol. The van der Waals surface area contributed by atoms with Gasteiger partial charge in [-0.1, -0.05) is 38.5 Å². The molecule has 1 aliphatic rings. The second-order valence-corrected chi connectivity index (χ2v) is 6.03. The van der Waals surface area contributed by atoms with Crippen molar-refractivity contribution in [2.24, 2.45) is 16.3 Å². The number of hydrazine groups is 1. The molecule has 104 valence electrons. The van der Waals surface area contributed by atoms with Gasteiger partial charge in [-0.3, -0.25) is 5.43 Å². The van der Waals surface area contributed by atoms with Crippen LogP contribution in [-0.2, 0) is 0 Å². The fourth-order valence-electron chi connectivity index (χ4n) is 2.71. The summed E-state index contributed by atoms with van der Waals surface area (Å²) in [6.45, 7) is 4.63. The molecule has 1 aromatic carbocycles. The molecule has 4 nitrogen and oxygen atoms in total. The smallest absolute Gasteiger partial charge is 0.210 e. The molecule has 1 aliphatic carbocycles. The van der Waals surface area contributed by atoms with Gasteiger partial charge in [-0.05, 0) is 36.8 Å². The van der Waals surface area contributed by atoms with Crippen LogP contribution in [0.3, 0.4) is 0 Å². The van der Waals surface area contributed by atoms with Crippen LogP contribution in [0.4, 0.5) is 5.69 Å². The first-order valence-corrected chi connectivity index (χ1v) is 6.95.